The second-order valence-electron chi connectivity index (χ2n) is 6.69. The first kappa shape index (κ1) is 15.2. The Morgan fingerprint density at radius 3 is 1.56 bits per heavy atom. The zero-order valence-electron chi connectivity index (χ0n) is 13.2. The van der Waals surface area contributed by atoms with E-state index < -0.39 is 0 Å². The van der Waals surface area contributed by atoms with E-state index >= 15 is 0 Å². The van der Waals surface area contributed by atoms with Gasteiger partial charge in [-0.3, -0.25) is 4.79 Å². The van der Waals surface area contributed by atoms with E-state index in [1.165, 1.54) is 16.7 Å². The van der Waals surface area contributed by atoms with Crippen LogP contribution in [-0.4, -0.2) is 5.78 Å². The third kappa shape index (κ3) is 2.46. The first-order valence-corrected chi connectivity index (χ1v) is 7.09. The Bertz CT molecular complexity index is 399. The standard InChI is InChI=1S/C17H28O/c1-9(2)13-14(10(3)4)16(12(7)8)17(18)15(13)11(5)6/h9,11,13,15H,1-8H3. The normalized spacial score (nSPS) is 24.4. The highest BCUT2D eigenvalue weighted by molar-refractivity contribution is 6.06. The second kappa shape index (κ2) is 5.42. The van der Waals surface area contributed by atoms with Gasteiger partial charge in [-0.15, -0.1) is 0 Å². The monoisotopic (exact) mass is 248 g/mol. The lowest BCUT2D eigenvalue weighted by Gasteiger charge is -2.26. The molecule has 2 unspecified atom stereocenters. The molecule has 1 heteroatoms. The van der Waals surface area contributed by atoms with Crippen molar-refractivity contribution in [1.29, 1.82) is 0 Å². The van der Waals surface area contributed by atoms with Crippen LogP contribution in [0.4, 0.5) is 0 Å². The summed E-state index contributed by atoms with van der Waals surface area (Å²) >= 11 is 0. The van der Waals surface area contributed by atoms with E-state index in [1.807, 2.05) is 0 Å². The van der Waals surface area contributed by atoms with Crippen molar-refractivity contribution in [2.24, 2.45) is 23.7 Å². The van der Waals surface area contributed by atoms with Crippen LogP contribution in [0.3, 0.4) is 0 Å². The van der Waals surface area contributed by atoms with E-state index in [0.29, 0.717) is 23.5 Å². The van der Waals surface area contributed by atoms with Gasteiger partial charge >= 0.3 is 0 Å². The Balaban J connectivity index is 3.51. The number of rotatable bonds is 2. The molecule has 0 heterocycles. The highest BCUT2D eigenvalue weighted by Gasteiger charge is 2.45. The molecule has 0 amide bonds. The van der Waals surface area contributed by atoms with Crippen LogP contribution in [0.15, 0.2) is 22.3 Å². The maximum atomic E-state index is 12.7. The van der Waals surface area contributed by atoms with Gasteiger partial charge in [-0.05, 0) is 51.0 Å². The van der Waals surface area contributed by atoms with Gasteiger partial charge in [0, 0.05) is 11.5 Å². The van der Waals surface area contributed by atoms with Crippen molar-refractivity contribution in [2.75, 3.05) is 0 Å². The lowest BCUT2D eigenvalue weighted by Crippen LogP contribution is -2.25. The van der Waals surface area contributed by atoms with Crippen LogP contribution in [0.25, 0.3) is 0 Å². The summed E-state index contributed by atoms with van der Waals surface area (Å²) in [6.45, 7) is 17.2. The molecule has 0 N–H and O–H groups in total. The fourth-order valence-corrected chi connectivity index (χ4v) is 3.37. The third-order valence-electron chi connectivity index (χ3n) is 4.01. The molecule has 1 nitrogen and oxygen atoms in total. The average molecular weight is 248 g/mol. The number of hydrogen-bond donors (Lipinski definition) is 0. The molecule has 0 aliphatic heterocycles. The van der Waals surface area contributed by atoms with E-state index in [1.54, 1.807) is 0 Å². The van der Waals surface area contributed by atoms with E-state index in [0.717, 1.165) is 5.57 Å². The summed E-state index contributed by atoms with van der Waals surface area (Å²) in [7, 11) is 0. The molecule has 0 aromatic carbocycles. The van der Waals surface area contributed by atoms with E-state index in [4.69, 9.17) is 0 Å². The van der Waals surface area contributed by atoms with Crippen molar-refractivity contribution in [3.8, 4) is 0 Å². The van der Waals surface area contributed by atoms with Gasteiger partial charge < -0.3 is 0 Å². The lowest BCUT2D eigenvalue weighted by molar-refractivity contribution is -0.120. The number of allylic oxidation sites excluding steroid dienone is 4. The van der Waals surface area contributed by atoms with E-state index in [9.17, 15) is 4.79 Å². The molecule has 0 bridgehead atoms. The summed E-state index contributed by atoms with van der Waals surface area (Å²) in [6, 6.07) is 0. The Kier molecular flexibility index (Phi) is 4.58. The lowest BCUT2D eigenvalue weighted by atomic mass is 9.77. The second-order valence-corrected chi connectivity index (χ2v) is 6.69. The van der Waals surface area contributed by atoms with Gasteiger partial charge in [0.05, 0.1) is 0 Å². The molecule has 2 atom stereocenters. The molecule has 1 fully saturated rings. The van der Waals surface area contributed by atoms with Crippen molar-refractivity contribution in [3.05, 3.63) is 22.3 Å². The summed E-state index contributed by atoms with van der Waals surface area (Å²) < 4.78 is 0. The minimum absolute atomic E-state index is 0.166. The van der Waals surface area contributed by atoms with E-state index in [-0.39, 0.29) is 5.92 Å². The smallest absolute Gasteiger partial charge is 0.167 e. The minimum atomic E-state index is 0.166. The maximum absolute atomic E-state index is 12.7. The molecule has 1 rings (SSSR count). The molecule has 18 heavy (non-hydrogen) atoms. The van der Waals surface area contributed by atoms with Crippen molar-refractivity contribution >= 4 is 5.78 Å². The van der Waals surface area contributed by atoms with Gasteiger partial charge in [0.25, 0.3) is 0 Å². The predicted molar refractivity (Wildman–Crippen MR) is 78.4 cm³/mol. The van der Waals surface area contributed by atoms with Gasteiger partial charge in [0.15, 0.2) is 5.78 Å². The Labute approximate surface area is 112 Å². The van der Waals surface area contributed by atoms with Gasteiger partial charge in [0.1, 0.15) is 0 Å². The molecule has 0 aromatic heterocycles. The summed E-state index contributed by atoms with van der Waals surface area (Å²) in [5.74, 6) is 1.87. The van der Waals surface area contributed by atoms with Crippen LogP contribution < -0.4 is 0 Å². The van der Waals surface area contributed by atoms with Gasteiger partial charge in [-0.1, -0.05) is 38.8 Å². The summed E-state index contributed by atoms with van der Waals surface area (Å²) in [6.07, 6.45) is 0. The van der Waals surface area contributed by atoms with Crippen molar-refractivity contribution < 1.29 is 4.79 Å². The van der Waals surface area contributed by atoms with Crippen molar-refractivity contribution in [3.63, 3.8) is 0 Å². The molecule has 1 aliphatic rings. The van der Waals surface area contributed by atoms with Crippen LogP contribution in [0, 0.1) is 23.7 Å². The number of hydrogen-bond acceptors (Lipinski definition) is 1. The summed E-state index contributed by atoms with van der Waals surface area (Å²) in [5.41, 5.74) is 4.83. The van der Waals surface area contributed by atoms with Crippen molar-refractivity contribution in [1.82, 2.24) is 0 Å². The summed E-state index contributed by atoms with van der Waals surface area (Å²) in [4.78, 5) is 12.7. The largest absolute Gasteiger partial charge is 0.294 e. The number of carbonyl (C=O) groups excluding carboxylic acids is 1. The Morgan fingerprint density at radius 1 is 0.833 bits per heavy atom. The van der Waals surface area contributed by atoms with Crippen LogP contribution >= 0.6 is 0 Å². The first-order chi connectivity index (χ1) is 8.20. The highest BCUT2D eigenvalue weighted by Crippen LogP contribution is 2.47. The first-order valence-electron chi connectivity index (χ1n) is 7.09. The molecule has 102 valence electrons. The van der Waals surface area contributed by atoms with Gasteiger partial charge in [-0.2, -0.15) is 0 Å². The molecule has 0 spiro atoms. The fourth-order valence-electron chi connectivity index (χ4n) is 3.37. The van der Waals surface area contributed by atoms with Crippen LogP contribution in [0.1, 0.15) is 55.4 Å². The molecule has 0 aromatic rings. The number of Topliss-reactive ketones (excluding diaryl/α,β-unsaturated/α-hetero) is 1. The van der Waals surface area contributed by atoms with E-state index in [2.05, 4.69) is 55.4 Å². The topological polar surface area (TPSA) is 17.1 Å². The Hall–Kier alpha value is -0.850. The SMILES string of the molecule is CC(C)=C1C(=O)C(C(C)C)C(C(C)C)C1=C(C)C. The summed E-state index contributed by atoms with van der Waals surface area (Å²) in [5, 5.41) is 0. The molecule has 0 radical (unpaired) electrons. The van der Waals surface area contributed by atoms with Crippen LogP contribution in [-0.2, 0) is 4.79 Å². The number of ketones is 1. The molecule has 0 saturated heterocycles. The zero-order chi connectivity index (χ0) is 14.2. The molecular formula is C17H28O. The number of carbonyl (C=O) groups is 1. The quantitative estimate of drug-likeness (QED) is 0.642. The predicted octanol–water partition coefficient (Wildman–Crippen LogP) is 4.79. The van der Waals surface area contributed by atoms with Gasteiger partial charge in [-0.25, -0.2) is 0 Å². The van der Waals surface area contributed by atoms with Crippen LogP contribution in [0.2, 0.25) is 0 Å². The molecular weight excluding hydrogens is 220 g/mol. The zero-order valence-corrected chi connectivity index (χ0v) is 13.2. The maximum Gasteiger partial charge on any atom is 0.167 e. The van der Waals surface area contributed by atoms with Crippen LogP contribution in [0.5, 0.6) is 0 Å². The molecule has 1 saturated carbocycles. The Morgan fingerprint density at radius 2 is 1.28 bits per heavy atom. The molecule has 1 aliphatic carbocycles. The average Bonchev–Trinajstić information content (AvgIpc) is 2.51. The minimum Gasteiger partial charge on any atom is -0.294 e. The highest BCUT2D eigenvalue weighted by atomic mass is 16.1. The van der Waals surface area contributed by atoms with Crippen molar-refractivity contribution in [2.45, 2.75) is 55.4 Å². The fraction of sp³-hybridized carbons (Fsp3) is 0.706. The third-order valence-corrected chi connectivity index (χ3v) is 4.01. The van der Waals surface area contributed by atoms with Gasteiger partial charge in [0.2, 0.25) is 0 Å².